The Morgan fingerprint density at radius 1 is 1.40 bits per heavy atom. The molecule has 0 spiro atoms. The van der Waals surface area contributed by atoms with Crippen LogP contribution in [-0.2, 0) is 0 Å². The second-order valence-corrected chi connectivity index (χ2v) is 5.92. The van der Waals surface area contributed by atoms with Gasteiger partial charge in [0, 0.05) is 17.5 Å². The van der Waals surface area contributed by atoms with Crippen LogP contribution >= 0.6 is 0 Å². The van der Waals surface area contributed by atoms with Crippen molar-refractivity contribution in [1.29, 1.82) is 0 Å². The zero-order chi connectivity index (χ0) is 11.1. The molecule has 2 nitrogen and oxygen atoms in total. The van der Waals surface area contributed by atoms with Gasteiger partial charge in [0.15, 0.2) is 0 Å². The van der Waals surface area contributed by atoms with Crippen LogP contribution in [0.2, 0.25) is 0 Å². The maximum absolute atomic E-state index is 10.8. The van der Waals surface area contributed by atoms with Crippen LogP contribution in [0, 0.1) is 5.92 Å². The second kappa shape index (κ2) is 3.74. The van der Waals surface area contributed by atoms with Gasteiger partial charge in [-0.25, -0.2) is 0 Å². The molecule has 2 N–H and O–H groups in total. The summed E-state index contributed by atoms with van der Waals surface area (Å²) in [5.74, 6) is 0.458. The molecule has 2 rings (SSSR count). The number of hydrogen-bond donors (Lipinski definition) is 2. The van der Waals surface area contributed by atoms with E-state index in [4.69, 9.17) is 0 Å². The van der Waals surface area contributed by atoms with E-state index in [-0.39, 0.29) is 5.54 Å². The van der Waals surface area contributed by atoms with Gasteiger partial charge in [-0.1, -0.05) is 19.8 Å². The molecule has 1 heterocycles. The maximum atomic E-state index is 10.8. The van der Waals surface area contributed by atoms with Crippen molar-refractivity contribution in [3.8, 4) is 0 Å². The zero-order valence-corrected chi connectivity index (χ0v) is 10.3. The monoisotopic (exact) mass is 211 g/mol. The van der Waals surface area contributed by atoms with E-state index < -0.39 is 5.60 Å². The fourth-order valence-electron chi connectivity index (χ4n) is 4.05. The summed E-state index contributed by atoms with van der Waals surface area (Å²) in [7, 11) is 0. The molecule has 0 amide bonds. The van der Waals surface area contributed by atoms with E-state index in [9.17, 15) is 5.11 Å². The number of fused-ring (bicyclic) bond motifs is 1. The largest absolute Gasteiger partial charge is 0.389 e. The lowest BCUT2D eigenvalue weighted by atomic mass is 9.61. The van der Waals surface area contributed by atoms with Crippen molar-refractivity contribution in [1.82, 2.24) is 5.32 Å². The van der Waals surface area contributed by atoms with Gasteiger partial charge in [-0.15, -0.1) is 0 Å². The van der Waals surface area contributed by atoms with Crippen molar-refractivity contribution in [3.05, 3.63) is 0 Å². The molecule has 1 aliphatic heterocycles. The molecule has 4 unspecified atom stereocenters. The van der Waals surface area contributed by atoms with Crippen LogP contribution in [0.5, 0.6) is 0 Å². The number of hydrogen-bond acceptors (Lipinski definition) is 2. The van der Waals surface area contributed by atoms with Crippen molar-refractivity contribution in [2.75, 3.05) is 0 Å². The first-order chi connectivity index (χ1) is 7.00. The molecule has 1 saturated carbocycles. The van der Waals surface area contributed by atoms with E-state index in [1.54, 1.807) is 0 Å². The summed E-state index contributed by atoms with van der Waals surface area (Å²) < 4.78 is 0. The van der Waals surface area contributed by atoms with Gasteiger partial charge in [-0.2, -0.15) is 0 Å². The standard InChI is InChI=1S/C13H25NO/c1-4-13(15)9-10(2)14-12(3)8-6-5-7-11(12)13/h10-11,14-15H,4-9H2,1-3H3. The van der Waals surface area contributed by atoms with Gasteiger partial charge in [0.25, 0.3) is 0 Å². The topological polar surface area (TPSA) is 32.3 Å². The van der Waals surface area contributed by atoms with Crippen LogP contribution in [0.3, 0.4) is 0 Å². The predicted octanol–water partition coefficient (Wildman–Crippen LogP) is 2.46. The fraction of sp³-hybridized carbons (Fsp3) is 1.00. The second-order valence-electron chi connectivity index (χ2n) is 5.92. The molecule has 2 heteroatoms. The molecular formula is C13H25NO. The molecule has 0 bridgehead atoms. The highest BCUT2D eigenvalue weighted by Crippen LogP contribution is 2.46. The van der Waals surface area contributed by atoms with Crippen molar-refractivity contribution < 1.29 is 5.11 Å². The summed E-state index contributed by atoms with van der Waals surface area (Å²) in [6, 6.07) is 0.453. The van der Waals surface area contributed by atoms with E-state index in [1.807, 2.05) is 0 Å². The molecule has 15 heavy (non-hydrogen) atoms. The van der Waals surface area contributed by atoms with Gasteiger partial charge in [0.1, 0.15) is 0 Å². The molecule has 0 aromatic rings. The predicted molar refractivity (Wildman–Crippen MR) is 62.8 cm³/mol. The Labute approximate surface area is 93.5 Å². The number of piperidine rings is 1. The molecule has 2 fully saturated rings. The summed E-state index contributed by atoms with van der Waals surface area (Å²) in [4.78, 5) is 0. The summed E-state index contributed by atoms with van der Waals surface area (Å²) in [6.07, 6.45) is 6.85. The number of nitrogens with one attached hydrogen (secondary N) is 1. The van der Waals surface area contributed by atoms with E-state index in [0.717, 1.165) is 12.8 Å². The Bertz CT molecular complexity index is 231. The van der Waals surface area contributed by atoms with E-state index in [0.29, 0.717) is 12.0 Å². The average molecular weight is 211 g/mol. The number of aliphatic hydroxyl groups is 1. The molecule has 0 radical (unpaired) electrons. The fourth-order valence-corrected chi connectivity index (χ4v) is 4.05. The Hall–Kier alpha value is -0.0800. The smallest absolute Gasteiger partial charge is 0.0705 e. The molecule has 2 aliphatic rings. The maximum Gasteiger partial charge on any atom is 0.0705 e. The van der Waals surface area contributed by atoms with Crippen LogP contribution in [0.15, 0.2) is 0 Å². The summed E-state index contributed by atoms with van der Waals surface area (Å²) in [6.45, 7) is 6.65. The molecular weight excluding hydrogens is 186 g/mol. The van der Waals surface area contributed by atoms with Crippen LogP contribution < -0.4 is 5.32 Å². The first-order valence-corrected chi connectivity index (χ1v) is 6.50. The van der Waals surface area contributed by atoms with Gasteiger partial charge in [-0.3, -0.25) is 0 Å². The Morgan fingerprint density at radius 2 is 2.13 bits per heavy atom. The average Bonchev–Trinajstić information content (AvgIpc) is 2.16. The zero-order valence-electron chi connectivity index (χ0n) is 10.3. The van der Waals surface area contributed by atoms with Crippen molar-refractivity contribution in [2.45, 2.75) is 76.5 Å². The highest BCUT2D eigenvalue weighted by molar-refractivity contribution is 5.08. The lowest BCUT2D eigenvalue weighted by molar-refractivity contribution is -0.114. The minimum atomic E-state index is -0.417. The Balaban J connectivity index is 2.26. The lowest BCUT2D eigenvalue weighted by Gasteiger charge is -2.56. The van der Waals surface area contributed by atoms with Crippen LogP contribution in [0.4, 0.5) is 0 Å². The van der Waals surface area contributed by atoms with Crippen molar-refractivity contribution in [3.63, 3.8) is 0 Å². The molecule has 88 valence electrons. The highest BCUT2D eigenvalue weighted by atomic mass is 16.3. The number of rotatable bonds is 1. The third-order valence-corrected chi connectivity index (χ3v) is 4.70. The first kappa shape index (κ1) is 11.4. The van der Waals surface area contributed by atoms with E-state index in [2.05, 4.69) is 26.1 Å². The van der Waals surface area contributed by atoms with Gasteiger partial charge in [-0.05, 0) is 39.5 Å². The van der Waals surface area contributed by atoms with Crippen LogP contribution in [0.1, 0.15) is 59.3 Å². The van der Waals surface area contributed by atoms with E-state index >= 15 is 0 Å². The minimum Gasteiger partial charge on any atom is -0.389 e. The normalized spacial score (nSPS) is 51.2. The van der Waals surface area contributed by atoms with Crippen LogP contribution in [-0.4, -0.2) is 22.3 Å². The van der Waals surface area contributed by atoms with Gasteiger partial charge >= 0.3 is 0 Å². The third kappa shape index (κ3) is 1.83. The molecule has 0 aromatic carbocycles. The summed E-state index contributed by atoms with van der Waals surface area (Å²) in [5.41, 5.74) is -0.236. The summed E-state index contributed by atoms with van der Waals surface area (Å²) in [5, 5.41) is 14.5. The minimum absolute atomic E-state index is 0.181. The van der Waals surface area contributed by atoms with Gasteiger partial charge < -0.3 is 10.4 Å². The quantitative estimate of drug-likeness (QED) is 0.698. The molecule has 0 aromatic heterocycles. The SMILES string of the molecule is CCC1(O)CC(C)NC2(C)CCCCC12. The van der Waals surface area contributed by atoms with Crippen molar-refractivity contribution in [2.24, 2.45) is 5.92 Å². The van der Waals surface area contributed by atoms with Gasteiger partial charge in [0.2, 0.25) is 0 Å². The summed E-state index contributed by atoms with van der Waals surface area (Å²) >= 11 is 0. The highest BCUT2D eigenvalue weighted by Gasteiger charge is 2.52. The van der Waals surface area contributed by atoms with Crippen LogP contribution in [0.25, 0.3) is 0 Å². The Kier molecular flexibility index (Phi) is 2.85. The van der Waals surface area contributed by atoms with Gasteiger partial charge in [0.05, 0.1) is 5.60 Å². The van der Waals surface area contributed by atoms with E-state index in [1.165, 1.54) is 25.7 Å². The molecule has 1 saturated heterocycles. The third-order valence-electron chi connectivity index (χ3n) is 4.70. The van der Waals surface area contributed by atoms with Crippen molar-refractivity contribution >= 4 is 0 Å². The molecule has 4 atom stereocenters. The first-order valence-electron chi connectivity index (χ1n) is 6.50. The molecule has 1 aliphatic carbocycles. The lowest BCUT2D eigenvalue weighted by Crippen LogP contribution is -2.66. The Morgan fingerprint density at radius 3 is 2.80 bits per heavy atom.